The second-order valence-electron chi connectivity index (χ2n) is 12.9. The van der Waals surface area contributed by atoms with E-state index in [1.54, 1.807) is 0 Å². The molecular weight excluding hydrogens is 629 g/mol. The second-order valence-corrected chi connectivity index (χ2v) is 14.0. The van der Waals surface area contributed by atoms with E-state index < -0.39 is 0 Å². The maximum absolute atomic E-state index is 6.45. The van der Waals surface area contributed by atoms with Crippen LogP contribution in [0.5, 0.6) is 0 Å². The summed E-state index contributed by atoms with van der Waals surface area (Å²) >= 11 is 1.86. The van der Waals surface area contributed by atoms with Crippen molar-refractivity contribution < 1.29 is 4.42 Å². The number of nitrogens with zero attached hydrogens (tertiary/aromatic N) is 2. The fraction of sp³-hybridized carbons (Fsp3) is 0. The molecule has 234 valence electrons. The highest BCUT2D eigenvalue weighted by Gasteiger charge is 2.24. The van der Waals surface area contributed by atoms with Crippen molar-refractivity contribution in [3.05, 3.63) is 170 Å². The monoisotopic (exact) mass is 656 g/mol. The van der Waals surface area contributed by atoms with Gasteiger partial charge in [0.2, 0.25) is 0 Å². The lowest BCUT2D eigenvalue weighted by Crippen LogP contribution is -2.11. The molecular formula is C46H28N2OS. The summed E-state index contributed by atoms with van der Waals surface area (Å²) in [4.78, 5) is 2.45. The maximum Gasteiger partial charge on any atom is 0.137 e. The van der Waals surface area contributed by atoms with Crippen LogP contribution in [-0.2, 0) is 0 Å². The third-order valence-corrected chi connectivity index (χ3v) is 11.3. The van der Waals surface area contributed by atoms with Crippen molar-refractivity contribution in [1.29, 1.82) is 0 Å². The molecule has 0 radical (unpaired) electrons. The minimum atomic E-state index is 0.875. The van der Waals surface area contributed by atoms with Crippen LogP contribution in [-0.4, -0.2) is 4.57 Å². The van der Waals surface area contributed by atoms with Crippen molar-refractivity contribution in [2.75, 3.05) is 4.90 Å². The second kappa shape index (κ2) is 10.6. The molecule has 0 spiro atoms. The van der Waals surface area contributed by atoms with E-state index in [-0.39, 0.29) is 0 Å². The highest BCUT2D eigenvalue weighted by Crippen LogP contribution is 2.48. The first-order valence-electron chi connectivity index (χ1n) is 16.9. The molecule has 11 aromatic rings. The third kappa shape index (κ3) is 3.97. The third-order valence-electron chi connectivity index (χ3n) is 10.1. The number of para-hydroxylation sites is 3. The van der Waals surface area contributed by atoms with Crippen molar-refractivity contribution in [2.24, 2.45) is 0 Å². The molecule has 0 saturated heterocycles. The first-order valence-corrected chi connectivity index (χ1v) is 17.7. The SMILES string of the molecule is c1ccc(-n2c3ccccc3c3c(N(c4ccc5cc6c(cc5c4)sc4ccccc46)c4cccc5oc6ccccc6c45)cccc32)cc1. The van der Waals surface area contributed by atoms with E-state index in [0.29, 0.717) is 0 Å². The van der Waals surface area contributed by atoms with Gasteiger partial charge in [0, 0.05) is 47.7 Å². The van der Waals surface area contributed by atoms with E-state index in [0.717, 1.165) is 50.2 Å². The summed E-state index contributed by atoms with van der Waals surface area (Å²) in [6.45, 7) is 0. The Bertz CT molecular complexity index is 3110. The summed E-state index contributed by atoms with van der Waals surface area (Å²) < 4.78 is 11.5. The van der Waals surface area contributed by atoms with E-state index in [2.05, 4.69) is 173 Å². The van der Waals surface area contributed by atoms with Crippen LogP contribution in [0, 0.1) is 0 Å². The van der Waals surface area contributed by atoms with Crippen LogP contribution < -0.4 is 4.90 Å². The van der Waals surface area contributed by atoms with Gasteiger partial charge >= 0.3 is 0 Å². The van der Waals surface area contributed by atoms with Crippen LogP contribution in [0.25, 0.3) is 80.4 Å². The standard InChI is InChI=1S/C46H28N2OS/c1-2-12-31(13-3-1)47-37-17-7-4-15-34(37)45-38(47)18-10-19-39(45)48(40-20-11-22-42-46(40)35-16-5-8-21-41(35)49-42)32-25-24-29-27-36-33-14-6-9-23-43(33)50-44(36)28-30(29)26-32/h1-28H. The molecule has 11 rings (SSSR count). The van der Waals surface area contributed by atoms with Gasteiger partial charge in [0.25, 0.3) is 0 Å². The van der Waals surface area contributed by atoms with Gasteiger partial charge in [0.15, 0.2) is 0 Å². The molecule has 0 saturated carbocycles. The Morgan fingerprint density at radius 3 is 2.04 bits per heavy atom. The zero-order chi connectivity index (χ0) is 32.8. The highest BCUT2D eigenvalue weighted by molar-refractivity contribution is 7.25. The van der Waals surface area contributed by atoms with Crippen LogP contribution >= 0.6 is 11.3 Å². The van der Waals surface area contributed by atoms with Gasteiger partial charge < -0.3 is 13.9 Å². The number of hydrogen-bond acceptors (Lipinski definition) is 3. The molecule has 0 bridgehead atoms. The van der Waals surface area contributed by atoms with Gasteiger partial charge in [-0.15, -0.1) is 11.3 Å². The Labute approximate surface area is 291 Å². The molecule has 0 fully saturated rings. The zero-order valence-corrected chi connectivity index (χ0v) is 27.7. The average Bonchev–Trinajstić information content (AvgIpc) is 3.84. The fourth-order valence-corrected chi connectivity index (χ4v) is 9.12. The van der Waals surface area contributed by atoms with Crippen molar-refractivity contribution in [1.82, 2.24) is 4.57 Å². The lowest BCUT2D eigenvalue weighted by molar-refractivity contribution is 0.669. The van der Waals surface area contributed by atoms with Gasteiger partial charge in [-0.1, -0.05) is 91.0 Å². The van der Waals surface area contributed by atoms with E-state index >= 15 is 0 Å². The number of rotatable bonds is 4. The van der Waals surface area contributed by atoms with Crippen molar-refractivity contribution in [2.45, 2.75) is 0 Å². The molecule has 0 aliphatic heterocycles. The van der Waals surface area contributed by atoms with Crippen LogP contribution in [0.15, 0.2) is 174 Å². The number of hydrogen-bond donors (Lipinski definition) is 0. The number of aromatic nitrogens is 1. The predicted molar refractivity (Wildman–Crippen MR) is 213 cm³/mol. The van der Waals surface area contributed by atoms with Gasteiger partial charge in [-0.25, -0.2) is 0 Å². The topological polar surface area (TPSA) is 21.3 Å². The average molecular weight is 657 g/mol. The molecule has 0 aliphatic rings. The van der Waals surface area contributed by atoms with Gasteiger partial charge in [-0.2, -0.15) is 0 Å². The van der Waals surface area contributed by atoms with E-state index in [1.807, 2.05) is 17.4 Å². The first kappa shape index (κ1) is 27.6. The smallest absolute Gasteiger partial charge is 0.137 e. The van der Waals surface area contributed by atoms with E-state index in [4.69, 9.17) is 4.42 Å². The summed E-state index contributed by atoms with van der Waals surface area (Å²) in [5.74, 6) is 0. The van der Waals surface area contributed by atoms with Crippen molar-refractivity contribution in [3.8, 4) is 5.69 Å². The predicted octanol–water partition coefficient (Wildman–Crippen LogP) is 13.7. The first-order chi connectivity index (χ1) is 24.8. The molecule has 0 aliphatic carbocycles. The lowest BCUT2D eigenvalue weighted by Gasteiger charge is -2.27. The van der Waals surface area contributed by atoms with Gasteiger partial charge in [-0.3, -0.25) is 0 Å². The Kier molecular flexibility index (Phi) is 5.83. The largest absolute Gasteiger partial charge is 0.456 e. The number of fused-ring (bicyclic) bond motifs is 10. The van der Waals surface area contributed by atoms with Gasteiger partial charge in [0.1, 0.15) is 11.2 Å². The maximum atomic E-state index is 6.45. The van der Waals surface area contributed by atoms with Crippen molar-refractivity contribution in [3.63, 3.8) is 0 Å². The van der Waals surface area contributed by atoms with Crippen LogP contribution in [0.2, 0.25) is 0 Å². The van der Waals surface area contributed by atoms with Crippen LogP contribution in [0.1, 0.15) is 0 Å². The highest BCUT2D eigenvalue weighted by atomic mass is 32.1. The van der Waals surface area contributed by atoms with Gasteiger partial charge in [0.05, 0.1) is 27.8 Å². The Hall–Kier alpha value is -6.36. The molecule has 0 atom stereocenters. The summed E-state index contributed by atoms with van der Waals surface area (Å²) in [5, 5.41) is 9.71. The summed E-state index contributed by atoms with van der Waals surface area (Å²) in [7, 11) is 0. The molecule has 0 N–H and O–H groups in total. The number of thiophene rings is 1. The fourth-order valence-electron chi connectivity index (χ4n) is 7.99. The number of benzene rings is 8. The summed E-state index contributed by atoms with van der Waals surface area (Å²) in [6.07, 6.45) is 0. The summed E-state index contributed by atoms with van der Waals surface area (Å²) in [6, 6.07) is 61.3. The van der Waals surface area contributed by atoms with Gasteiger partial charge in [-0.05, 0) is 89.6 Å². The van der Waals surface area contributed by atoms with Crippen LogP contribution in [0.3, 0.4) is 0 Å². The molecule has 0 unspecified atom stereocenters. The van der Waals surface area contributed by atoms with Crippen LogP contribution in [0.4, 0.5) is 17.1 Å². The molecule has 3 nitrogen and oxygen atoms in total. The van der Waals surface area contributed by atoms with E-state index in [9.17, 15) is 0 Å². The molecule has 3 aromatic heterocycles. The molecule has 8 aromatic carbocycles. The molecule has 3 heterocycles. The Balaban J connectivity index is 1.25. The Morgan fingerprint density at radius 2 is 1.14 bits per heavy atom. The number of anilines is 3. The molecule has 4 heteroatoms. The van der Waals surface area contributed by atoms with E-state index in [1.165, 1.54) is 47.2 Å². The zero-order valence-electron chi connectivity index (χ0n) is 26.9. The summed E-state index contributed by atoms with van der Waals surface area (Å²) in [5.41, 5.74) is 8.55. The number of furan rings is 1. The quantitative estimate of drug-likeness (QED) is 0.188. The normalized spacial score (nSPS) is 12.0. The Morgan fingerprint density at radius 1 is 0.440 bits per heavy atom. The van der Waals surface area contributed by atoms with Crippen molar-refractivity contribution >= 4 is 103 Å². The molecule has 50 heavy (non-hydrogen) atoms. The molecule has 0 amide bonds. The lowest BCUT2D eigenvalue weighted by atomic mass is 10.0. The minimum Gasteiger partial charge on any atom is -0.456 e. The minimum absolute atomic E-state index is 0.875.